The summed E-state index contributed by atoms with van der Waals surface area (Å²) in [5, 5.41) is 0. The van der Waals surface area contributed by atoms with Crippen molar-refractivity contribution in [2.24, 2.45) is 0 Å². The van der Waals surface area contributed by atoms with Crippen LogP contribution in [0.25, 0.3) is 0 Å². The van der Waals surface area contributed by atoms with Gasteiger partial charge in [-0.3, -0.25) is 0 Å². The van der Waals surface area contributed by atoms with Gasteiger partial charge in [0.1, 0.15) is 5.75 Å². The summed E-state index contributed by atoms with van der Waals surface area (Å²) in [6.07, 6.45) is 2.16. The lowest BCUT2D eigenvalue weighted by Gasteiger charge is -2.16. The van der Waals surface area contributed by atoms with E-state index in [2.05, 4.69) is 54.0 Å². The lowest BCUT2D eigenvalue weighted by atomic mass is 9.96. The molecule has 20 heavy (non-hydrogen) atoms. The molecule has 0 bridgehead atoms. The molecule has 1 atom stereocenters. The van der Waals surface area contributed by atoms with Crippen molar-refractivity contribution in [2.45, 2.75) is 31.5 Å². The molecule has 0 amide bonds. The van der Waals surface area contributed by atoms with Gasteiger partial charge in [0.05, 0.1) is 11.9 Å². The molecule has 0 spiro atoms. The van der Waals surface area contributed by atoms with Gasteiger partial charge in [0.15, 0.2) is 0 Å². The fourth-order valence-electron chi connectivity index (χ4n) is 2.53. The highest BCUT2D eigenvalue weighted by atomic mass is 79.9. The summed E-state index contributed by atoms with van der Waals surface area (Å²) >= 11 is 3.82. The third kappa shape index (κ3) is 3.06. The molecule has 0 N–H and O–H groups in total. The average molecular weight is 333 g/mol. The molecule has 106 valence electrons. The quantitative estimate of drug-likeness (QED) is 0.674. The summed E-state index contributed by atoms with van der Waals surface area (Å²) < 4.78 is 5.46. The SMILES string of the molecule is CCc1ccc(C(Br)c2ccccc2OC)cc1CC. The van der Waals surface area contributed by atoms with Gasteiger partial charge in [-0.1, -0.05) is 66.2 Å². The van der Waals surface area contributed by atoms with Crippen LogP contribution in [0.15, 0.2) is 42.5 Å². The zero-order chi connectivity index (χ0) is 14.5. The molecule has 0 heterocycles. The summed E-state index contributed by atoms with van der Waals surface area (Å²) in [6.45, 7) is 4.42. The van der Waals surface area contributed by atoms with Gasteiger partial charge >= 0.3 is 0 Å². The van der Waals surface area contributed by atoms with E-state index < -0.39 is 0 Å². The van der Waals surface area contributed by atoms with E-state index in [1.807, 2.05) is 18.2 Å². The van der Waals surface area contributed by atoms with Crippen LogP contribution in [-0.2, 0) is 12.8 Å². The first-order chi connectivity index (χ1) is 9.71. The van der Waals surface area contributed by atoms with E-state index in [0.29, 0.717) is 0 Å². The van der Waals surface area contributed by atoms with Gasteiger partial charge in [-0.2, -0.15) is 0 Å². The predicted molar refractivity (Wildman–Crippen MR) is 89.0 cm³/mol. The van der Waals surface area contributed by atoms with Gasteiger partial charge in [-0.25, -0.2) is 0 Å². The Hall–Kier alpha value is -1.28. The Kier molecular flexibility index (Phi) is 5.24. The van der Waals surface area contributed by atoms with Gasteiger partial charge in [0, 0.05) is 5.56 Å². The molecule has 1 nitrogen and oxygen atoms in total. The molecular formula is C18H21BrO. The molecule has 0 aliphatic carbocycles. The Morgan fingerprint density at radius 3 is 2.35 bits per heavy atom. The molecule has 0 aliphatic rings. The fraction of sp³-hybridized carbons (Fsp3) is 0.333. The Labute approximate surface area is 130 Å². The smallest absolute Gasteiger partial charge is 0.123 e. The third-order valence-corrected chi connectivity index (χ3v) is 4.72. The molecule has 2 aromatic carbocycles. The van der Waals surface area contributed by atoms with E-state index in [1.54, 1.807) is 7.11 Å². The number of benzene rings is 2. The van der Waals surface area contributed by atoms with Gasteiger partial charge in [-0.15, -0.1) is 0 Å². The van der Waals surface area contributed by atoms with Crippen LogP contribution in [0, 0.1) is 0 Å². The van der Waals surface area contributed by atoms with Crippen LogP contribution in [-0.4, -0.2) is 7.11 Å². The second-order valence-corrected chi connectivity index (χ2v) is 5.76. The van der Waals surface area contributed by atoms with Gasteiger partial charge in [0.2, 0.25) is 0 Å². The number of hydrogen-bond donors (Lipinski definition) is 0. The number of aryl methyl sites for hydroxylation is 2. The maximum atomic E-state index is 5.46. The van der Waals surface area contributed by atoms with Crippen molar-refractivity contribution < 1.29 is 4.74 Å². The first kappa shape index (κ1) is 15.1. The van der Waals surface area contributed by atoms with E-state index in [9.17, 15) is 0 Å². The summed E-state index contributed by atoms with van der Waals surface area (Å²) in [7, 11) is 1.72. The van der Waals surface area contributed by atoms with Crippen molar-refractivity contribution in [3.63, 3.8) is 0 Å². The molecule has 0 radical (unpaired) electrons. The topological polar surface area (TPSA) is 9.23 Å². The number of halogens is 1. The highest BCUT2D eigenvalue weighted by molar-refractivity contribution is 9.09. The van der Waals surface area contributed by atoms with Crippen molar-refractivity contribution in [1.82, 2.24) is 0 Å². The Morgan fingerprint density at radius 1 is 1.00 bits per heavy atom. The molecule has 2 rings (SSSR count). The van der Waals surface area contributed by atoms with E-state index in [-0.39, 0.29) is 4.83 Å². The predicted octanol–water partition coefficient (Wildman–Crippen LogP) is 5.30. The van der Waals surface area contributed by atoms with E-state index in [4.69, 9.17) is 4.74 Å². The standard InChI is InChI=1S/C18H21BrO/c1-4-13-10-11-15(12-14(13)5-2)18(19)16-8-6-7-9-17(16)20-3/h6-12,18H,4-5H2,1-3H3. The van der Waals surface area contributed by atoms with Crippen molar-refractivity contribution >= 4 is 15.9 Å². The minimum Gasteiger partial charge on any atom is -0.496 e. The molecule has 0 saturated carbocycles. The van der Waals surface area contributed by atoms with Crippen LogP contribution in [0.1, 0.15) is 40.9 Å². The van der Waals surface area contributed by atoms with Crippen molar-refractivity contribution in [2.75, 3.05) is 7.11 Å². The number of para-hydroxylation sites is 1. The lowest BCUT2D eigenvalue weighted by molar-refractivity contribution is 0.410. The van der Waals surface area contributed by atoms with Crippen molar-refractivity contribution in [1.29, 1.82) is 0 Å². The summed E-state index contributed by atoms with van der Waals surface area (Å²) in [5.41, 5.74) is 5.32. The Balaban J connectivity index is 2.40. The molecule has 1 unspecified atom stereocenters. The molecule has 2 heteroatoms. The average Bonchev–Trinajstić information content (AvgIpc) is 2.53. The minimum atomic E-state index is 0.162. The molecule has 2 aromatic rings. The first-order valence-electron chi connectivity index (χ1n) is 7.09. The Morgan fingerprint density at radius 2 is 1.70 bits per heavy atom. The number of methoxy groups -OCH3 is 1. The first-order valence-corrected chi connectivity index (χ1v) is 8.01. The number of alkyl halides is 1. The zero-order valence-corrected chi connectivity index (χ0v) is 13.9. The summed E-state index contributed by atoms with van der Waals surface area (Å²) in [5.74, 6) is 0.923. The van der Waals surface area contributed by atoms with Crippen LogP contribution in [0.5, 0.6) is 5.75 Å². The molecule has 0 fully saturated rings. The lowest BCUT2D eigenvalue weighted by Crippen LogP contribution is -1.99. The molecule has 0 aliphatic heterocycles. The van der Waals surface area contributed by atoms with Gasteiger partial charge in [0.25, 0.3) is 0 Å². The minimum absolute atomic E-state index is 0.162. The maximum absolute atomic E-state index is 5.46. The largest absolute Gasteiger partial charge is 0.496 e. The van der Waals surface area contributed by atoms with Gasteiger partial charge < -0.3 is 4.74 Å². The number of hydrogen-bond acceptors (Lipinski definition) is 1. The van der Waals surface area contributed by atoms with E-state index in [1.165, 1.54) is 22.3 Å². The van der Waals surface area contributed by atoms with Crippen molar-refractivity contribution in [3.05, 3.63) is 64.7 Å². The van der Waals surface area contributed by atoms with E-state index >= 15 is 0 Å². The van der Waals surface area contributed by atoms with Crippen LogP contribution in [0.2, 0.25) is 0 Å². The molecular weight excluding hydrogens is 312 g/mol. The monoisotopic (exact) mass is 332 g/mol. The second kappa shape index (κ2) is 6.94. The fourth-order valence-corrected chi connectivity index (χ4v) is 3.20. The van der Waals surface area contributed by atoms with Crippen molar-refractivity contribution in [3.8, 4) is 5.75 Å². The zero-order valence-electron chi connectivity index (χ0n) is 12.3. The summed E-state index contributed by atoms with van der Waals surface area (Å²) in [6, 6.07) is 14.9. The van der Waals surface area contributed by atoms with Crippen LogP contribution < -0.4 is 4.74 Å². The number of ether oxygens (including phenoxy) is 1. The maximum Gasteiger partial charge on any atom is 0.123 e. The highest BCUT2D eigenvalue weighted by Gasteiger charge is 2.15. The molecule has 0 aromatic heterocycles. The normalized spacial score (nSPS) is 12.2. The highest BCUT2D eigenvalue weighted by Crippen LogP contribution is 2.37. The van der Waals surface area contributed by atoms with Crippen LogP contribution >= 0.6 is 15.9 Å². The van der Waals surface area contributed by atoms with Crippen LogP contribution in [0.3, 0.4) is 0 Å². The summed E-state index contributed by atoms with van der Waals surface area (Å²) in [4.78, 5) is 0.162. The van der Waals surface area contributed by atoms with E-state index in [0.717, 1.165) is 18.6 Å². The second-order valence-electron chi connectivity index (χ2n) is 4.84. The molecule has 0 saturated heterocycles. The van der Waals surface area contributed by atoms with Crippen LogP contribution in [0.4, 0.5) is 0 Å². The third-order valence-electron chi connectivity index (χ3n) is 3.70. The number of rotatable bonds is 5. The van der Waals surface area contributed by atoms with Gasteiger partial charge in [-0.05, 0) is 35.6 Å². The Bertz CT molecular complexity index is 577.